The van der Waals surface area contributed by atoms with Crippen LogP contribution >= 0.6 is 0 Å². The Morgan fingerprint density at radius 1 is 1.13 bits per heavy atom. The van der Waals surface area contributed by atoms with Crippen LogP contribution in [0.3, 0.4) is 0 Å². The largest absolute Gasteiger partial charge is 0.464 e. The third-order valence-corrected chi connectivity index (χ3v) is 5.82. The molecule has 2 atom stereocenters. The van der Waals surface area contributed by atoms with Crippen LogP contribution in [0.4, 0.5) is 0 Å². The van der Waals surface area contributed by atoms with Gasteiger partial charge >= 0.3 is 0 Å². The molecule has 3 heterocycles. The van der Waals surface area contributed by atoms with E-state index < -0.39 is 0 Å². The molecule has 150 valence electrons. The van der Waals surface area contributed by atoms with E-state index in [1.807, 2.05) is 61.6 Å². The Morgan fingerprint density at radius 3 is 2.67 bits per heavy atom. The van der Waals surface area contributed by atoms with Crippen molar-refractivity contribution in [3.05, 3.63) is 84.1 Å². The predicted octanol–water partition coefficient (Wildman–Crippen LogP) is 5.29. The summed E-state index contributed by atoms with van der Waals surface area (Å²) in [6.45, 7) is 2.67. The van der Waals surface area contributed by atoms with E-state index in [1.165, 1.54) is 6.42 Å². The number of fused-ring (bicyclic) bond motifs is 1. The topological polar surface area (TPSA) is 59.2 Å². The number of benzene rings is 1. The lowest BCUT2D eigenvalue weighted by molar-refractivity contribution is 0.0776. The summed E-state index contributed by atoms with van der Waals surface area (Å²) < 4.78 is 6.00. The summed E-state index contributed by atoms with van der Waals surface area (Å²) >= 11 is 0. The molecule has 1 amide bonds. The quantitative estimate of drug-likeness (QED) is 0.459. The Labute approximate surface area is 175 Å². The normalized spacial score (nSPS) is 17.8. The van der Waals surface area contributed by atoms with Crippen molar-refractivity contribution >= 4 is 16.8 Å². The van der Waals surface area contributed by atoms with Crippen LogP contribution < -0.4 is 0 Å². The Balaban J connectivity index is 1.46. The van der Waals surface area contributed by atoms with E-state index in [-0.39, 0.29) is 5.91 Å². The minimum atomic E-state index is -0.0540. The van der Waals surface area contributed by atoms with Gasteiger partial charge in [-0.1, -0.05) is 25.1 Å². The zero-order valence-electron chi connectivity index (χ0n) is 17.1. The second-order valence-corrected chi connectivity index (χ2v) is 8.09. The number of aromatic nitrogens is 2. The van der Waals surface area contributed by atoms with Crippen LogP contribution in [0, 0.1) is 5.92 Å². The molecule has 1 aromatic carbocycles. The molecule has 5 nitrogen and oxygen atoms in total. The van der Waals surface area contributed by atoms with Crippen molar-refractivity contribution in [3.8, 4) is 11.3 Å². The summed E-state index contributed by atoms with van der Waals surface area (Å²) in [5.74, 6) is 3.02. The number of para-hydroxylation sites is 1. The summed E-state index contributed by atoms with van der Waals surface area (Å²) in [4.78, 5) is 23.9. The first-order valence-electron chi connectivity index (χ1n) is 10.2. The van der Waals surface area contributed by atoms with Crippen molar-refractivity contribution in [2.45, 2.75) is 25.8 Å². The van der Waals surface area contributed by atoms with Crippen LogP contribution in [0.25, 0.3) is 22.2 Å². The highest BCUT2D eigenvalue weighted by Gasteiger charge is 2.36. The third-order valence-electron chi connectivity index (χ3n) is 5.82. The van der Waals surface area contributed by atoms with E-state index in [2.05, 4.69) is 11.9 Å². The average Bonchev–Trinajstić information content (AvgIpc) is 3.33. The standard InChI is InChI=1S/C25H23N3O2/c1-16-13-20(16)24-8-7-18(30-24)15-28(2)25(29)21-14-23(17-9-11-26-12-10-17)27-22-6-4-3-5-19(21)22/h3-12,14,16,20H,13,15H2,1-2H3/t16-,20-/m0/s1. The molecule has 3 aromatic heterocycles. The van der Waals surface area contributed by atoms with E-state index in [0.717, 1.165) is 33.7 Å². The van der Waals surface area contributed by atoms with E-state index in [9.17, 15) is 4.79 Å². The second-order valence-electron chi connectivity index (χ2n) is 8.09. The molecule has 5 heteroatoms. The fourth-order valence-corrected chi connectivity index (χ4v) is 3.93. The molecule has 0 aliphatic heterocycles. The number of hydrogen-bond acceptors (Lipinski definition) is 4. The Bertz CT molecular complexity index is 1220. The summed E-state index contributed by atoms with van der Waals surface area (Å²) in [6, 6.07) is 17.5. The average molecular weight is 397 g/mol. The highest BCUT2D eigenvalue weighted by Crippen LogP contribution is 2.47. The number of amides is 1. The van der Waals surface area contributed by atoms with Gasteiger partial charge in [-0.25, -0.2) is 4.98 Å². The van der Waals surface area contributed by atoms with Gasteiger partial charge in [-0.3, -0.25) is 9.78 Å². The smallest absolute Gasteiger partial charge is 0.254 e. The molecule has 0 radical (unpaired) electrons. The van der Waals surface area contributed by atoms with Crippen LogP contribution in [-0.4, -0.2) is 27.8 Å². The molecule has 4 aromatic rings. The van der Waals surface area contributed by atoms with Crippen molar-refractivity contribution in [3.63, 3.8) is 0 Å². The summed E-state index contributed by atoms with van der Waals surface area (Å²) in [6.07, 6.45) is 4.65. The number of carbonyl (C=O) groups is 1. The molecule has 0 bridgehead atoms. The molecule has 1 saturated carbocycles. The zero-order chi connectivity index (χ0) is 20.7. The fraction of sp³-hybridized carbons (Fsp3) is 0.240. The minimum absolute atomic E-state index is 0.0540. The van der Waals surface area contributed by atoms with Gasteiger partial charge in [0.25, 0.3) is 5.91 Å². The van der Waals surface area contributed by atoms with Gasteiger partial charge in [0.15, 0.2) is 0 Å². The summed E-state index contributed by atoms with van der Waals surface area (Å²) in [5, 5.41) is 0.846. The first-order valence-corrected chi connectivity index (χ1v) is 10.2. The van der Waals surface area contributed by atoms with Crippen molar-refractivity contribution < 1.29 is 9.21 Å². The summed E-state index contributed by atoms with van der Waals surface area (Å²) in [5.41, 5.74) is 3.13. The molecule has 0 unspecified atom stereocenters. The maximum atomic E-state index is 13.4. The minimum Gasteiger partial charge on any atom is -0.464 e. The number of nitrogens with zero attached hydrogens (tertiary/aromatic N) is 3. The fourth-order valence-electron chi connectivity index (χ4n) is 3.93. The highest BCUT2D eigenvalue weighted by atomic mass is 16.3. The Kier molecular flexibility index (Phi) is 4.58. The molecular weight excluding hydrogens is 374 g/mol. The molecule has 30 heavy (non-hydrogen) atoms. The van der Waals surface area contributed by atoms with Gasteiger partial charge in [0.2, 0.25) is 0 Å². The van der Waals surface area contributed by atoms with E-state index in [1.54, 1.807) is 17.3 Å². The van der Waals surface area contributed by atoms with E-state index in [4.69, 9.17) is 9.40 Å². The molecule has 0 N–H and O–H groups in total. The Morgan fingerprint density at radius 2 is 1.90 bits per heavy atom. The first kappa shape index (κ1) is 18.6. The van der Waals surface area contributed by atoms with Crippen LogP contribution in [0.1, 0.15) is 41.1 Å². The van der Waals surface area contributed by atoms with Gasteiger partial charge in [-0.2, -0.15) is 0 Å². The van der Waals surface area contributed by atoms with Crippen molar-refractivity contribution in [2.24, 2.45) is 5.92 Å². The van der Waals surface area contributed by atoms with E-state index in [0.29, 0.717) is 23.9 Å². The van der Waals surface area contributed by atoms with Crippen molar-refractivity contribution in [2.75, 3.05) is 7.05 Å². The summed E-state index contributed by atoms with van der Waals surface area (Å²) in [7, 11) is 1.81. The first-order chi connectivity index (χ1) is 14.6. The maximum absolute atomic E-state index is 13.4. The molecule has 0 spiro atoms. The number of rotatable bonds is 5. The molecular formula is C25H23N3O2. The molecule has 1 aliphatic carbocycles. The monoisotopic (exact) mass is 397 g/mol. The van der Waals surface area contributed by atoms with Gasteiger partial charge in [-0.15, -0.1) is 0 Å². The van der Waals surface area contributed by atoms with Crippen LogP contribution in [0.5, 0.6) is 0 Å². The lowest BCUT2D eigenvalue weighted by Crippen LogP contribution is -2.26. The number of pyridine rings is 2. The lowest BCUT2D eigenvalue weighted by atomic mass is 10.0. The van der Waals surface area contributed by atoms with E-state index >= 15 is 0 Å². The van der Waals surface area contributed by atoms with Gasteiger partial charge in [-0.05, 0) is 48.7 Å². The maximum Gasteiger partial charge on any atom is 0.254 e. The van der Waals surface area contributed by atoms with Crippen LogP contribution in [-0.2, 0) is 6.54 Å². The number of furan rings is 1. The van der Waals surface area contributed by atoms with Gasteiger partial charge in [0, 0.05) is 36.3 Å². The molecule has 0 saturated heterocycles. The molecule has 5 rings (SSSR count). The van der Waals surface area contributed by atoms with Crippen molar-refractivity contribution in [1.82, 2.24) is 14.9 Å². The zero-order valence-corrected chi connectivity index (χ0v) is 17.1. The highest BCUT2D eigenvalue weighted by molar-refractivity contribution is 6.07. The van der Waals surface area contributed by atoms with Gasteiger partial charge in [0.05, 0.1) is 23.3 Å². The molecule has 1 fully saturated rings. The number of carbonyl (C=O) groups excluding carboxylic acids is 1. The third kappa shape index (κ3) is 3.47. The van der Waals surface area contributed by atoms with Gasteiger partial charge < -0.3 is 9.32 Å². The van der Waals surface area contributed by atoms with Crippen LogP contribution in [0.2, 0.25) is 0 Å². The van der Waals surface area contributed by atoms with Crippen LogP contribution in [0.15, 0.2) is 71.4 Å². The SMILES string of the molecule is C[C@H]1C[C@@H]1c1ccc(CN(C)C(=O)c2cc(-c3ccncc3)nc3ccccc23)o1. The molecule has 1 aliphatic rings. The Hall–Kier alpha value is -3.47. The second kappa shape index (κ2) is 7.41. The lowest BCUT2D eigenvalue weighted by Gasteiger charge is -2.18. The van der Waals surface area contributed by atoms with Gasteiger partial charge in [0.1, 0.15) is 11.5 Å². The number of hydrogen-bond donors (Lipinski definition) is 0. The van der Waals surface area contributed by atoms with Crippen molar-refractivity contribution in [1.29, 1.82) is 0 Å². The predicted molar refractivity (Wildman–Crippen MR) is 116 cm³/mol.